The SMILES string of the molecule is CNC(C)(CCCN(C)C)C(=O)OC. The molecule has 4 nitrogen and oxygen atoms in total. The van der Waals surface area contributed by atoms with Crippen LogP contribution >= 0.6 is 0 Å². The van der Waals surface area contributed by atoms with Crippen molar-refractivity contribution in [3.8, 4) is 0 Å². The molecule has 0 fully saturated rings. The molecule has 0 aromatic carbocycles. The molecule has 0 spiro atoms. The molecule has 0 aromatic rings. The third kappa shape index (κ3) is 4.07. The van der Waals surface area contributed by atoms with E-state index in [1.165, 1.54) is 7.11 Å². The van der Waals surface area contributed by atoms with Crippen molar-refractivity contribution >= 4 is 5.97 Å². The number of esters is 1. The first-order valence-corrected chi connectivity index (χ1v) is 4.88. The van der Waals surface area contributed by atoms with Gasteiger partial charge in [-0.15, -0.1) is 0 Å². The van der Waals surface area contributed by atoms with Crippen LogP contribution in [0.4, 0.5) is 0 Å². The second-order valence-electron chi connectivity index (χ2n) is 3.98. The molecule has 4 heteroatoms. The molecule has 0 radical (unpaired) electrons. The van der Waals surface area contributed by atoms with Crippen LogP contribution in [0.15, 0.2) is 0 Å². The van der Waals surface area contributed by atoms with Gasteiger partial charge in [-0.2, -0.15) is 0 Å². The quantitative estimate of drug-likeness (QED) is 0.636. The molecule has 1 N–H and O–H groups in total. The summed E-state index contributed by atoms with van der Waals surface area (Å²) in [4.78, 5) is 13.5. The number of methoxy groups -OCH3 is 1. The molecule has 0 heterocycles. The Morgan fingerprint density at radius 1 is 1.50 bits per heavy atom. The van der Waals surface area contributed by atoms with Gasteiger partial charge in [-0.05, 0) is 47.5 Å². The van der Waals surface area contributed by atoms with Gasteiger partial charge in [-0.1, -0.05) is 0 Å². The summed E-state index contributed by atoms with van der Waals surface area (Å²) >= 11 is 0. The fourth-order valence-electron chi connectivity index (χ4n) is 1.30. The van der Waals surface area contributed by atoms with Crippen molar-refractivity contribution in [1.29, 1.82) is 0 Å². The number of nitrogens with zero attached hydrogens (tertiary/aromatic N) is 1. The minimum Gasteiger partial charge on any atom is -0.468 e. The van der Waals surface area contributed by atoms with Crippen molar-refractivity contribution in [2.24, 2.45) is 0 Å². The Morgan fingerprint density at radius 2 is 2.07 bits per heavy atom. The highest BCUT2D eigenvalue weighted by molar-refractivity contribution is 5.80. The largest absolute Gasteiger partial charge is 0.468 e. The van der Waals surface area contributed by atoms with E-state index in [1.54, 1.807) is 7.05 Å². The summed E-state index contributed by atoms with van der Waals surface area (Å²) in [6.07, 6.45) is 1.76. The van der Waals surface area contributed by atoms with Gasteiger partial charge in [-0.25, -0.2) is 0 Å². The Morgan fingerprint density at radius 3 is 2.43 bits per heavy atom. The van der Waals surface area contributed by atoms with E-state index in [1.807, 2.05) is 21.0 Å². The van der Waals surface area contributed by atoms with E-state index >= 15 is 0 Å². The number of hydrogen-bond acceptors (Lipinski definition) is 4. The van der Waals surface area contributed by atoms with E-state index in [0.29, 0.717) is 0 Å². The highest BCUT2D eigenvalue weighted by atomic mass is 16.5. The maximum absolute atomic E-state index is 11.4. The molecule has 14 heavy (non-hydrogen) atoms. The highest BCUT2D eigenvalue weighted by Gasteiger charge is 2.31. The fourth-order valence-corrected chi connectivity index (χ4v) is 1.30. The van der Waals surface area contributed by atoms with Gasteiger partial charge in [0.25, 0.3) is 0 Å². The summed E-state index contributed by atoms with van der Waals surface area (Å²) in [5.41, 5.74) is -0.551. The summed E-state index contributed by atoms with van der Waals surface area (Å²) in [6.45, 7) is 2.85. The molecule has 84 valence electrons. The van der Waals surface area contributed by atoms with Crippen LogP contribution in [-0.2, 0) is 9.53 Å². The van der Waals surface area contributed by atoms with Crippen LogP contribution in [0.1, 0.15) is 19.8 Å². The van der Waals surface area contributed by atoms with Crippen LogP contribution in [0.2, 0.25) is 0 Å². The van der Waals surface area contributed by atoms with Crippen LogP contribution in [0.5, 0.6) is 0 Å². The molecule has 0 aromatic heterocycles. The summed E-state index contributed by atoms with van der Waals surface area (Å²) in [5, 5.41) is 3.01. The summed E-state index contributed by atoms with van der Waals surface area (Å²) in [6, 6.07) is 0. The van der Waals surface area contributed by atoms with Crippen LogP contribution in [0.25, 0.3) is 0 Å². The van der Waals surface area contributed by atoms with Crippen LogP contribution in [-0.4, -0.2) is 51.2 Å². The first-order valence-electron chi connectivity index (χ1n) is 4.88. The van der Waals surface area contributed by atoms with Gasteiger partial charge in [0, 0.05) is 0 Å². The lowest BCUT2D eigenvalue weighted by Crippen LogP contribution is -2.48. The van der Waals surface area contributed by atoms with Crippen molar-refractivity contribution in [3.63, 3.8) is 0 Å². The van der Waals surface area contributed by atoms with E-state index in [9.17, 15) is 4.79 Å². The average molecular weight is 202 g/mol. The van der Waals surface area contributed by atoms with Crippen LogP contribution in [0.3, 0.4) is 0 Å². The molecular weight excluding hydrogens is 180 g/mol. The zero-order valence-electron chi connectivity index (χ0n) is 9.89. The van der Waals surface area contributed by atoms with Crippen molar-refractivity contribution in [3.05, 3.63) is 0 Å². The average Bonchev–Trinajstić information content (AvgIpc) is 2.15. The maximum atomic E-state index is 11.4. The van der Waals surface area contributed by atoms with Crippen LogP contribution in [0, 0.1) is 0 Å². The number of carbonyl (C=O) groups is 1. The molecular formula is C10H22N2O2. The Hall–Kier alpha value is -0.610. The lowest BCUT2D eigenvalue weighted by molar-refractivity contribution is -0.148. The van der Waals surface area contributed by atoms with Gasteiger partial charge in [0.1, 0.15) is 5.54 Å². The Kier molecular flexibility index (Phi) is 5.72. The lowest BCUT2D eigenvalue weighted by Gasteiger charge is -2.26. The van der Waals surface area contributed by atoms with E-state index in [0.717, 1.165) is 19.4 Å². The predicted molar refractivity (Wildman–Crippen MR) is 57.3 cm³/mol. The Labute approximate surface area is 86.6 Å². The maximum Gasteiger partial charge on any atom is 0.325 e. The standard InChI is InChI=1S/C10H22N2O2/c1-10(11-2,9(13)14-5)7-6-8-12(3)4/h11H,6-8H2,1-5H3. The summed E-state index contributed by atoms with van der Waals surface area (Å²) in [7, 11) is 7.25. The number of carbonyl (C=O) groups excluding carboxylic acids is 1. The van der Waals surface area contributed by atoms with Crippen molar-refractivity contribution in [1.82, 2.24) is 10.2 Å². The first kappa shape index (κ1) is 13.4. The number of nitrogens with one attached hydrogen (secondary N) is 1. The van der Waals surface area contributed by atoms with Gasteiger partial charge in [0.2, 0.25) is 0 Å². The molecule has 0 saturated carbocycles. The molecule has 0 bridgehead atoms. The molecule has 0 aliphatic rings. The number of rotatable bonds is 6. The van der Waals surface area contributed by atoms with Crippen molar-refractivity contribution in [2.75, 3.05) is 34.8 Å². The summed E-state index contributed by atoms with van der Waals surface area (Å²) in [5.74, 6) is -0.196. The molecule has 1 atom stereocenters. The van der Waals surface area contributed by atoms with Gasteiger partial charge >= 0.3 is 5.97 Å². The topological polar surface area (TPSA) is 41.6 Å². The molecule has 0 saturated heterocycles. The van der Waals surface area contributed by atoms with Crippen molar-refractivity contribution < 1.29 is 9.53 Å². The monoisotopic (exact) mass is 202 g/mol. The Bertz CT molecular complexity index is 183. The summed E-state index contributed by atoms with van der Waals surface area (Å²) < 4.78 is 4.75. The second-order valence-corrected chi connectivity index (χ2v) is 3.98. The Balaban J connectivity index is 4.06. The molecule has 0 amide bonds. The molecule has 0 aliphatic heterocycles. The van der Waals surface area contributed by atoms with E-state index in [2.05, 4.69) is 10.2 Å². The third-order valence-corrected chi connectivity index (χ3v) is 2.47. The predicted octanol–water partition coefficient (Wildman–Crippen LogP) is 0.479. The van der Waals surface area contributed by atoms with E-state index in [4.69, 9.17) is 4.74 Å². The smallest absolute Gasteiger partial charge is 0.325 e. The molecule has 0 aliphatic carbocycles. The first-order chi connectivity index (χ1) is 6.46. The number of hydrogen-bond donors (Lipinski definition) is 1. The van der Waals surface area contributed by atoms with Crippen molar-refractivity contribution in [2.45, 2.75) is 25.3 Å². The molecule has 0 rings (SSSR count). The number of ether oxygens (including phenoxy) is 1. The third-order valence-electron chi connectivity index (χ3n) is 2.47. The fraction of sp³-hybridized carbons (Fsp3) is 0.900. The molecule has 1 unspecified atom stereocenters. The number of likely N-dealkylation sites (N-methyl/N-ethyl adjacent to an activating group) is 1. The highest BCUT2D eigenvalue weighted by Crippen LogP contribution is 2.13. The van der Waals surface area contributed by atoms with E-state index < -0.39 is 5.54 Å². The minimum absolute atomic E-state index is 0.196. The second kappa shape index (κ2) is 5.98. The van der Waals surface area contributed by atoms with Gasteiger partial charge in [-0.3, -0.25) is 4.79 Å². The van der Waals surface area contributed by atoms with Gasteiger partial charge in [0.15, 0.2) is 0 Å². The van der Waals surface area contributed by atoms with Gasteiger partial charge < -0.3 is 15.0 Å². The zero-order valence-corrected chi connectivity index (χ0v) is 9.89. The van der Waals surface area contributed by atoms with Crippen LogP contribution < -0.4 is 5.32 Å². The van der Waals surface area contributed by atoms with E-state index in [-0.39, 0.29) is 5.97 Å². The zero-order chi connectivity index (χ0) is 11.2. The lowest BCUT2D eigenvalue weighted by atomic mass is 9.96. The minimum atomic E-state index is -0.551. The normalized spacial score (nSPS) is 15.3. The van der Waals surface area contributed by atoms with Gasteiger partial charge in [0.05, 0.1) is 7.11 Å².